The standard InChI is InChI=1S/C14H17BrClNO2/c1-14(13(18)19)4-6-17(7-5-14)9-10-2-3-11(16)8-12(10)15/h2-3,8H,4-7,9H2,1H3,(H,18,19). The lowest BCUT2D eigenvalue weighted by atomic mass is 9.80. The van der Waals surface area contributed by atoms with Gasteiger partial charge in [-0.25, -0.2) is 0 Å². The molecule has 0 spiro atoms. The number of carbonyl (C=O) groups is 1. The maximum absolute atomic E-state index is 11.2. The average molecular weight is 347 g/mol. The molecule has 0 bridgehead atoms. The Morgan fingerprint density at radius 3 is 2.63 bits per heavy atom. The molecule has 0 amide bonds. The zero-order valence-corrected chi connectivity index (χ0v) is 13.2. The fourth-order valence-corrected chi connectivity index (χ4v) is 3.12. The van der Waals surface area contributed by atoms with Crippen molar-refractivity contribution in [1.82, 2.24) is 4.90 Å². The molecule has 0 unspecified atom stereocenters. The van der Waals surface area contributed by atoms with Crippen molar-refractivity contribution in [3.63, 3.8) is 0 Å². The van der Waals surface area contributed by atoms with E-state index in [1.165, 1.54) is 5.56 Å². The Morgan fingerprint density at radius 2 is 2.11 bits per heavy atom. The lowest BCUT2D eigenvalue weighted by molar-refractivity contribution is -0.150. The first-order valence-electron chi connectivity index (χ1n) is 6.30. The zero-order valence-electron chi connectivity index (χ0n) is 10.8. The molecule has 0 aliphatic carbocycles. The Balaban J connectivity index is 1.98. The fraction of sp³-hybridized carbons (Fsp3) is 0.500. The van der Waals surface area contributed by atoms with E-state index < -0.39 is 11.4 Å². The molecule has 3 nitrogen and oxygen atoms in total. The minimum absolute atomic E-state index is 0.562. The number of hydrogen-bond acceptors (Lipinski definition) is 2. The summed E-state index contributed by atoms with van der Waals surface area (Å²) in [5, 5.41) is 9.92. The summed E-state index contributed by atoms with van der Waals surface area (Å²) in [4.78, 5) is 13.5. The van der Waals surface area contributed by atoms with Gasteiger partial charge in [-0.1, -0.05) is 33.6 Å². The Morgan fingerprint density at radius 1 is 1.47 bits per heavy atom. The van der Waals surface area contributed by atoms with Crippen LogP contribution in [0.2, 0.25) is 5.02 Å². The average Bonchev–Trinajstić information content (AvgIpc) is 2.35. The number of carboxylic acid groups (broad SMARTS) is 1. The van der Waals surface area contributed by atoms with E-state index in [1.807, 2.05) is 25.1 Å². The molecule has 0 atom stereocenters. The molecule has 0 aromatic heterocycles. The molecule has 1 aliphatic rings. The molecule has 1 heterocycles. The van der Waals surface area contributed by atoms with Crippen molar-refractivity contribution >= 4 is 33.5 Å². The van der Waals surface area contributed by atoms with Crippen LogP contribution in [0.4, 0.5) is 0 Å². The highest BCUT2D eigenvalue weighted by molar-refractivity contribution is 9.10. The maximum atomic E-state index is 11.2. The Bertz CT molecular complexity index is 484. The SMILES string of the molecule is CC1(C(=O)O)CCN(Cc2ccc(Cl)cc2Br)CC1. The third-order valence-corrected chi connectivity index (χ3v) is 4.86. The summed E-state index contributed by atoms with van der Waals surface area (Å²) in [6, 6.07) is 5.78. The van der Waals surface area contributed by atoms with Crippen LogP contribution in [0.3, 0.4) is 0 Å². The second kappa shape index (κ2) is 5.81. The number of carboxylic acids is 1. The third-order valence-electron chi connectivity index (χ3n) is 3.88. The summed E-state index contributed by atoms with van der Waals surface area (Å²) in [6.45, 7) is 4.30. The van der Waals surface area contributed by atoms with Crippen LogP contribution in [0, 0.1) is 5.41 Å². The summed E-state index contributed by atoms with van der Waals surface area (Å²) >= 11 is 9.44. The van der Waals surface area contributed by atoms with Crippen molar-refractivity contribution in [1.29, 1.82) is 0 Å². The van der Waals surface area contributed by atoms with Crippen LogP contribution < -0.4 is 0 Å². The third kappa shape index (κ3) is 3.50. The normalized spacial score (nSPS) is 19.3. The predicted molar refractivity (Wildman–Crippen MR) is 79.4 cm³/mol. The van der Waals surface area contributed by atoms with Crippen LogP contribution in [0.1, 0.15) is 25.3 Å². The molecule has 1 fully saturated rings. The van der Waals surface area contributed by atoms with Gasteiger partial charge in [-0.05, 0) is 50.6 Å². The van der Waals surface area contributed by atoms with Gasteiger partial charge < -0.3 is 5.11 Å². The largest absolute Gasteiger partial charge is 0.481 e. The number of nitrogens with zero attached hydrogens (tertiary/aromatic N) is 1. The molecule has 2 rings (SSSR count). The van der Waals surface area contributed by atoms with E-state index in [1.54, 1.807) is 0 Å². The van der Waals surface area contributed by atoms with Crippen molar-refractivity contribution in [2.75, 3.05) is 13.1 Å². The van der Waals surface area contributed by atoms with Gasteiger partial charge in [0.2, 0.25) is 0 Å². The number of piperidine rings is 1. The van der Waals surface area contributed by atoms with Crippen molar-refractivity contribution < 1.29 is 9.90 Å². The smallest absolute Gasteiger partial charge is 0.309 e. The van der Waals surface area contributed by atoms with Crippen molar-refractivity contribution in [3.8, 4) is 0 Å². The topological polar surface area (TPSA) is 40.5 Å². The number of likely N-dealkylation sites (tertiary alicyclic amines) is 1. The fourth-order valence-electron chi connectivity index (χ4n) is 2.31. The Labute approximate surface area is 126 Å². The van der Waals surface area contributed by atoms with Crippen LogP contribution in [0.25, 0.3) is 0 Å². The van der Waals surface area contributed by atoms with E-state index in [4.69, 9.17) is 11.6 Å². The molecule has 1 N–H and O–H groups in total. The zero-order chi connectivity index (χ0) is 14.0. The van der Waals surface area contributed by atoms with Crippen LogP contribution in [-0.4, -0.2) is 29.1 Å². The molecular formula is C14H17BrClNO2. The second-order valence-corrected chi connectivity index (χ2v) is 6.67. The maximum Gasteiger partial charge on any atom is 0.309 e. The monoisotopic (exact) mass is 345 g/mol. The van der Waals surface area contributed by atoms with Gasteiger partial charge in [-0.3, -0.25) is 9.69 Å². The van der Waals surface area contributed by atoms with Crippen molar-refractivity contribution in [2.45, 2.75) is 26.3 Å². The molecule has 19 heavy (non-hydrogen) atoms. The summed E-state index contributed by atoms with van der Waals surface area (Å²) < 4.78 is 1.01. The molecular weight excluding hydrogens is 330 g/mol. The lowest BCUT2D eigenvalue weighted by Crippen LogP contribution is -2.42. The Kier molecular flexibility index (Phi) is 4.54. The minimum Gasteiger partial charge on any atom is -0.481 e. The molecule has 0 saturated carbocycles. The highest BCUT2D eigenvalue weighted by atomic mass is 79.9. The van der Waals surface area contributed by atoms with Crippen LogP contribution in [0.15, 0.2) is 22.7 Å². The number of hydrogen-bond donors (Lipinski definition) is 1. The van der Waals surface area contributed by atoms with Gasteiger partial charge in [-0.15, -0.1) is 0 Å². The minimum atomic E-state index is -0.681. The molecule has 104 valence electrons. The predicted octanol–water partition coefficient (Wildman–Crippen LogP) is 3.79. The van der Waals surface area contributed by atoms with E-state index in [2.05, 4.69) is 20.8 Å². The van der Waals surface area contributed by atoms with Crippen molar-refractivity contribution in [2.24, 2.45) is 5.41 Å². The lowest BCUT2D eigenvalue weighted by Gasteiger charge is -2.36. The van der Waals surface area contributed by atoms with E-state index in [0.29, 0.717) is 17.9 Å². The number of rotatable bonds is 3. The number of halogens is 2. The molecule has 1 aromatic carbocycles. The van der Waals surface area contributed by atoms with Gasteiger partial charge >= 0.3 is 5.97 Å². The first-order valence-corrected chi connectivity index (χ1v) is 7.47. The second-order valence-electron chi connectivity index (χ2n) is 5.38. The van der Waals surface area contributed by atoms with Gasteiger partial charge in [0.15, 0.2) is 0 Å². The first kappa shape index (κ1) is 14.8. The summed E-state index contributed by atoms with van der Waals surface area (Å²) in [5.74, 6) is -0.681. The van der Waals surface area contributed by atoms with Crippen LogP contribution >= 0.6 is 27.5 Å². The van der Waals surface area contributed by atoms with E-state index >= 15 is 0 Å². The summed E-state index contributed by atoms with van der Waals surface area (Å²) in [5.41, 5.74) is 0.622. The highest BCUT2D eigenvalue weighted by Crippen LogP contribution is 2.32. The molecule has 0 radical (unpaired) electrons. The van der Waals surface area contributed by atoms with Gasteiger partial charge in [0.05, 0.1) is 5.41 Å². The van der Waals surface area contributed by atoms with E-state index in [0.717, 1.165) is 24.1 Å². The van der Waals surface area contributed by atoms with E-state index in [-0.39, 0.29) is 0 Å². The quantitative estimate of drug-likeness (QED) is 0.905. The van der Waals surface area contributed by atoms with Gasteiger partial charge in [-0.2, -0.15) is 0 Å². The van der Waals surface area contributed by atoms with Gasteiger partial charge in [0, 0.05) is 16.0 Å². The summed E-state index contributed by atoms with van der Waals surface area (Å²) in [7, 11) is 0. The molecule has 1 aromatic rings. The van der Waals surface area contributed by atoms with Gasteiger partial charge in [0.1, 0.15) is 0 Å². The van der Waals surface area contributed by atoms with Crippen LogP contribution in [0.5, 0.6) is 0 Å². The van der Waals surface area contributed by atoms with Gasteiger partial charge in [0.25, 0.3) is 0 Å². The molecule has 1 saturated heterocycles. The van der Waals surface area contributed by atoms with E-state index in [9.17, 15) is 9.90 Å². The summed E-state index contributed by atoms with van der Waals surface area (Å²) in [6.07, 6.45) is 1.40. The Hall–Kier alpha value is -0.580. The van der Waals surface area contributed by atoms with Crippen LogP contribution in [-0.2, 0) is 11.3 Å². The highest BCUT2D eigenvalue weighted by Gasteiger charge is 2.36. The van der Waals surface area contributed by atoms with Crippen molar-refractivity contribution in [3.05, 3.63) is 33.3 Å². The number of aliphatic carboxylic acids is 1. The molecule has 1 aliphatic heterocycles. The first-order chi connectivity index (χ1) is 8.90. The number of benzene rings is 1. The molecule has 5 heteroatoms.